The van der Waals surface area contributed by atoms with Gasteiger partial charge in [-0.15, -0.1) is 0 Å². The monoisotopic (exact) mass is 390 g/mol. The van der Waals surface area contributed by atoms with Crippen molar-refractivity contribution in [2.75, 3.05) is 19.6 Å². The van der Waals surface area contributed by atoms with Gasteiger partial charge in [-0.1, -0.05) is 0 Å². The van der Waals surface area contributed by atoms with Gasteiger partial charge in [-0.2, -0.15) is 13.2 Å². The summed E-state index contributed by atoms with van der Waals surface area (Å²) in [6.45, 7) is 6.02. The molecule has 0 bridgehead atoms. The first-order valence-corrected chi connectivity index (χ1v) is 9.03. The number of carboxylic acid groups (broad SMARTS) is 1. The minimum Gasteiger partial charge on any atom is -0.475 e. The smallest absolute Gasteiger partial charge is 0.475 e. The van der Waals surface area contributed by atoms with Gasteiger partial charge in [0.25, 0.3) is 0 Å². The maximum absolute atomic E-state index is 12.0. The van der Waals surface area contributed by atoms with Crippen LogP contribution in [0.25, 0.3) is 0 Å². The molecule has 0 aliphatic carbocycles. The summed E-state index contributed by atoms with van der Waals surface area (Å²) in [5, 5.41) is 7.12. The molecule has 1 atom stereocenters. The Balaban J connectivity index is 0.000000321. The molecule has 6 nitrogen and oxygen atoms in total. The maximum Gasteiger partial charge on any atom is 0.490 e. The molecule has 2 aliphatic rings. The van der Waals surface area contributed by atoms with Crippen molar-refractivity contribution in [3.05, 3.63) is 24.2 Å². The van der Waals surface area contributed by atoms with Crippen LogP contribution in [0, 0.1) is 0 Å². The van der Waals surface area contributed by atoms with Gasteiger partial charge in [-0.25, -0.2) is 4.79 Å². The zero-order chi connectivity index (χ0) is 20.1. The molecule has 0 aromatic carbocycles. The molecule has 1 aromatic heterocycles. The molecule has 1 N–H and O–H groups in total. The third-order valence-electron chi connectivity index (χ3n) is 5.21. The molecule has 1 spiro atoms. The van der Waals surface area contributed by atoms with Gasteiger partial charge in [0, 0.05) is 25.0 Å². The topological polar surface area (TPSA) is 74.0 Å². The van der Waals surface area contributed by atoms with Gasteiger partial charge in [-0.3, -0.25) is 9.69 Å². The van der Waals surface area contributed by atoms with Gasteiger partial charge in [0.1, 0.15) is 5.76 Å². The Labute approximate surface area is 155 Å². The van der Waals surface area contributed by atoms with E-state index in [0.717, 1.165) is 57.6 Å². The Hall–Kier alpha value is -2.03. The fourth-order valence-corrected chi connectivity index (χ4v) is 3.92. The standard InChI is InChI=1S/C16H24N2O2.C2HF3O2/c1-2-18-15(19)6-8-16(18)7-4-10-17(11-9-16)13-14-5-3-12-20-14;3-2(4,5)1(6)7/h3,5,12H,2,4,6-11,13H2,1H3;(H,6,7). The van der Waals surface area contributed by atoms with E-state index >= 15 is 0 Å². The lowest BCUT2D eigenvalue weighted by Crippen LogP contribution is -2.46. The van der Waals surface area contributed by atoms with Crippen LogP contribution in [-0.2, 0) is 16.1 Å². The summed E-state index contributed by atoms with van der Waals surface area (Å²) in [4.78, 5) is 25.5. The number of halogens is 3. The first-order valence-electron chi connectivity index (χ1n) is 9.03. The fraction of sp³-hybridized carbons (Fsp3) is 0.667. The third-order valence-corrected chi connectivity index (χ3v) is 5.21. The van der Waals surface area contributed by atoms with Crippen molar-refractivity contribution in [2.24, 2.45) is 0 Å². The van der Waals surface area contributed by atoms with Crippen LogP contribution >= 0.6 is 0 Å². The van der Waals surface area contributed by atoms with Crippen molar-refractivity contribution in [1.29, 1.82) is 0 Å². The summed E-state index contributed by atoms with van der Waals surface area (Å²) < 4.78 is 37.2. The summed E-state index contributed by atoms with van der Waals surface area (Å²) in [6, 6.07) is 3.99. The molecule has 27 heavy (non-hydrogen) atoms. The molecule has 9 heteroatoms. The largest absolute Gasteiger partial charge is 0.490 e. The van der Waals surface area contributed by atoms with Gasteiger partial charge in [0.2, 0.25) is 5.91 Å². The third kappa shape index (κ3) is 5.47. The molecule has 1 aromatic rings. The number of aliphatic carboxylic acids is 1. The van der Waals surface area contributed by atoms with E-state index in [1.807, 2.05) is 12.1 Å². The van der Waals surface area contributed by atoms with Gasteiger partial charge in [-0.05, 0) is 51.3 Å². The van der Waals surface area contributed by atoms with E-state index in [-0.39, 0.29) is 5.54 Å². The van der Waals surface area contributed by atoms with Gasteiger partial charge < -0.3 is 14.4 Å². The van der Waals surface area contributed by atoms with Gasteiger partial charge >= 0.3 is 12.1 Å². The number of hydrogen-bond acceptors (Lipinski definition) is 4. The van der Waals surface area contributed by atoms with Crippen LogP contribution in [0.2, 0.25) is 0 Å². The summed E-state index contributed by atoms with van der Waals surface area (Å²) in [5.74, 6) is -1.37. The number of furan rings is 1. The van der Waals surface area contributed by atoms with Crippen LogP contribution in [0.3, 0.4) is 0 Å². The normalized spacial score (nSPS) is 23.9. The molecular weight excluding hydrogens is 365 g/mol. The molecule has 1 unspecified atom stereocenters. The van der Waals surface area contributed by atoms with E-state index in [0.29, 0.717) is 5.91 Å². The van der Waals surface area contributed by atoms with Crippen molar-refractivity contribution in [1.82, 2.24) is 9.80 Å². The minimum absolute atomic E-state index is 0.143. The van der Waals surface area contributed by atoms with E-state index < -0.39 is 12.1 Å². The molecule has 0 radical (unpaired) electrons. The van der Waals surface area contributed by atoms with E-state index in [2.05, 4.69) is 16.7 Å². The van der Waals surface area contributed by atoms with E-state index in [1.54, 1.807) is 6.26 Å². The first kappa shape index (κ1) is 21.3. The number of alkyl halides is 3. The number of likely N-dealkylation sites (tertiary alicyclic amines) is 2. The molecule has 2 saturated heterocycles. The Morgan fingerprint density at radius 1 is 1.30 bits per heavy atom. The van der Waals surface area contributed by atoms with Crippen LogP contribution in [-0.4, -0.2) is 58.1 Å². The Bertz CT molecular complexity index is 633. The summed E-state index contributed by atoms with van der Waals surface area (Å²) in [5.41, 5.74) is 0.143. The molecule has 3 heterocycles. The summed E-state index contributed by atoms with van der Waals surface area (Å²) >= 11 is 0. The van der Waals surface area contributed by atoms with Gasteiger partial charge in [0.05, 0.1) is 12.8 Å². The Morgan fingerprint density at radius 3 is 2.56 bits per heavy atom. The number of carbonyl (C=O) groups is 2. The van der Waals surface area contributed by atoms with Crippen molar-refractivity contribution in [3.63, 3.8) is 0 Å². The SMILES string of the molecule is CCN1C(=O)CCC12CCCN(Cc1ccco1)CC2.O=C(O)C(F)(F)F. The highest BCUT2D eigenvalue weighted by Gasteiger charge is 2.44. The van der Waals surface area contributed by atoms with Crippen molar-refractivity contribution >= 4 is 11.9 Å². The minimum atomic E-state index is -5.08. The van der Waals surface area contributed by atoms with Crippen LogP contribution in [0.4, 0.5) is 13.2 Å². The predicted molar refractivity (Wildman–Crippen MR) is 90.9 cm³/mol. The molecule has 152 valence electrons. The quantitative estimate of drug-likeness (QED) is 0.857. The van der Waals surface area contributed by atoms with Crippen LogP contribution in [0.5, 0.6) is 0 Å². The molecule has 0 saturated carbocycles. The highest BCUT2D eigenvalue weighted by molar-refractivity contribution is 5.79. The van der Waals surface area contributed by atoms with E-state index in [1.165, 1.54) is 6.42 Å². The van der Waals surface area contributed by atoms with Crippen molar-refractivity contribution < 1.29 is 32.3 Å². The highest BCUT2D eigenvalue weighted by atomic mass is 19.4. The zero-order valence-corrected chi connectivity index (χ0v) is 15.3. The van der Waals surface area contributed by atoms with Crippen LogP contribution < -0.4 is 0 Å². The van der Waals surface area contributed by atoms with E-state index in [4.69, 9.17) is 14.3 Å². The number of rotatable bonds is 3. The summed E-state index contributed by atoms with van der Waals surface area (Å²) in [7, 11) is 0. The van der Waals surface area contributed by atoms with Crippen LogP contribution in [0.1, 0.15) is 44.8 Å². The second-order valence-electron chi connectivity index (χ2n) is 6.87. The van der Waals surface area contributed by atoms with Gasteiger partial charge in [0.15, 0.2) is 0 Å². The molecule has 2 aliphatic heterocycles. The average molecular weight is 390 g/mol. The molecular formula is C18H25F3N2O4. The Kier molecular flexibility index (Phi) is 6.91. The number of amides is 1. The van der Waals surface area contributed by atoms with Crippen molar-refractivity contribution in [3.8, 4) is 0 Å². The number of hydrogen-bond donors (Lipinski definition) is 1. The molecule has 1 amide bonds. The lowest BCUT2D eigenvalue weighted by Gasteiger charge is -2.37. The average Bonchev–Trinajstić information content (AvgIpc) is 3.14. The Morgan fingerprint density at radius 2 is 2.00 bits per heavy atom. The lowest BCUT2D eigenvalue weighted by molar-refractivity contribution is -0.192. The summed E-state index contributed by atoms with van der Waals surface area (Å²) in [6.07, 6.45) is 1.88. The number of carbonyl (C=O) groups excluding carboxylic acids is 1. The fourth-order valence-electron chi connectivity index (χ4n) is 3.92. The zero-order valence-electron chi connectivity index (χ0n) is 15.3. The lowest BCUT2D eigenvalue weighted by atomic mass is 9.88. The first-order chi connectivity index (χ1) is 12.7. The van der Waals surface area contributed by atoms with Crippen molar-refractivity contribution in [2.45, 2.75) is 57.3 Å². The second kappa shape index (κ2) is 8.77. The van der Waals surface area contributed by atoms with E-state index in [9.17, 15) is 18.0 Å². The predicted octanol–water partition coefficient (Wildman–Crippen LogP) is 3.28. The molecule has 3 rings (SSSR count). The second-order valence-corrected chi connectivity index (χ2v) is 6.87. The highest BCUT2D eigenvalue weighted by Crippen LogP contribution is 2.39. The number of nitrogens with zero attached hydrogens (tertiary/aromatic N) is 2. The van der Waals surface area contributed by atoms with Crippen LogP contribution in [0.15, 0.2) is 22.8 Å². The number of carboxylic acids is 1. The molecule has 2 fully saturated rings. The maximum atomic E-state index is 12.0.